The maximum Gasteiger partial charge on any atom is 0.232 e. The Morgan fingerprint density at radius 3 is 2.72 bits per heavy atom. The molecule has 5 nitrogen and oxygen atoms in total. The van der Waals surface area contributed by atoms with E-state index in [2.05, 4.69) is 14.7 Å². The number of benzene rings is 2. The van der Waals surface area contributed by atoms with E-state index >= 15 is 0 Å². The average Bonchev–Trinajstić information content (AvgIpc) is 3.23. The summed E-state index contributed by atoms with van der Waals surface area (Å²) in [6.45, 7) is 8.96. The smallest absolute Gasteiger partial charge is 0.232 e. The van der Waals surface area contributed by atoms with E-state index in [1.807, 2.05) is 24.3 Å². The van der Waals surface area contributed by atoms with Crippen LogP contribution in [0.15, 0.2) is 66.9 Å². The van der Waals surface area contributed by atoms with Gasteiger partial charge in [0, 0.05) is 36.0 Å². The number of carbonyl (C=O) groups is 1. The first-order valence-corrected chi connectivity index (χ1v) is 9.67. The summed E-state index contributed by atoms with van der Waals surface area (Å²) in [4.78, 5) is 22.6. The van der Waals surface area contributed by atoms with E-state index in [0.717, 1.165) is 18.7 Å². The number of pyridine rings is 1. The lowest BCUT2D eigenvalue weighted by atomic mass is 10.0. The first-order valence-electron chi connectivity index (χ1n) is 9.29. The van der Waals surface area contributed by atoms with Crippen molar-refractivity contribution in [2.45, 2.75) is 12.5 Å². The Bertz CT molecular complexity index is 1080. The van der Waals surface area contributed by atoms with Crippen LogP contribution in [0.1, 0.15) is 22.3 Å². The van der Waals surface area contributed by atoms with Crippen molar-refractivity contribution in [3.63, 3.8) is 0 Å². The van der Waals surface area contributed by atoms with Crippen LogP contribution in [0.2, 0.25) is 5.02 Å². The standard InChI is InChI=1S/C23H18ClN3O2/c1-25-20-14-17(22(28)16-6-3-2-4-7-16)9-10-21(20)27-13-11-18(15-27)29-23-19(24)8-5-12-26-23/h2-10,12,14,18H,11,13,15H2/t18-/m0/s1. The Kier molecular flexibility index (Phi) is 5.46. The van der Waals surface area contributed by atoms with Crippen molar-refractivity contribution in [2.24, 2.45) is 0 Å². The van der Waals surface area contributed by atoms with Crippen LogP contribution < -0.4 is 9.64 Å². The summed E-state index contributed by atoms with van der Waals surface area (Å²) in [5.41, 5.74) is 2.39. The molecule has 4 rings (SSSR count). The van der Waals surface area contributed by atoms with Crippen LogP contribution in [0, 0.1) is 6.57 Å². The van der Waals surface area contributed by atoms with Crippen molar-refractivity contribution in [1.82, 2.24) is 4.98 Å². The zero-order chi connectivity index (χ0) is 20.2. The molecule has 1 aliphatic heterocycles. The molecule has 1 atom stereocenters. The predicted molar refractivity (Wildman–Crippen MR) is 113 cm³/mol. The predicted octanol–water partition coefficient (Wildman–Crippen LogP) is 5.17. The van der Waals surface area contributed by atoms with Gasteiger partial charge >= 0.3 is 0 Å². The number of ether oxygens (including phenoxy) is 1. The lowest BCUT2D eigenvalue weighted by Crippen LogP contribution is -2.25. The number of ketones is 1. The molecule has 0 spiro atoms. The van der Waals surface area contributed by atoms with Gasteiger partial charge in [-0.1, -0.05) is 48.0 Å². The molecule has 0 saturated carbocycles. The Morgan fingerprint density at radius 2 is 1.97 bits per heavy atom. The minimum atomic E-state index is -0.0884. The number of hydrogen-bond donors (Lipinski definition) is 0. The monoisotopic (exact) mass is 403 g/mol. The minimum Gasteiger partial charge on any atom is -0.471 e. The number of anilines is 1. The minimum absolute atomic E-state index is 0.0633. The summed E-state index contributed by atoms with van der Waals surface area (Å²) >= 11 is 6.13. The van der Waals surface area contributed by atoms with Gasteiger partial charge in [-0.25, -0.2) is 9.83 Å². The number of hydrogen-bond acceptors (Lipinski definition) is 4. The molecule has 0 radical (unpaired) electrons. The molecule has 144 valence electrons. The van der Waals surface area contributed by atoms with Crippen molar-refractivity contribution in [3.05, 3.63) is 94.4 Å². The van der Waals surface area contributed by atoms with Gasteiger partial charge in [0.2, 0.25) is 11.6 Å². The first kappa shape index (κ1) is 19.0. The second-order valence-corrected chi connectivity index (χ2v) is 7.18. The molecule has 3 aromatic rings. The van der Waals surface area contributed by atoms with Gasteiger partial charge < -0.3 is 9.64 Å². The van der Waals surface area contributed by atoms with E-state index in [1.165, 1.54) is 0 Å². The molecule has 1 aromatic heterocycles. The van der Waals surface area contributed by atoms with Gasteiger partial charge in [0.05, 0.1) is 13.1 Å². The van der Waals surface area contributed by atoms with Crippen LogP contribution in [0.3, 0.4) is 0 Å². The molecule has 1 saturated heterocycles. The lowest BCUT2D eigenvalue weighted by Gasteiger charge is -2.21. The number of rotatable bonds is 5. The molecule has 1 aliphatic rings. The highest BCUT2D eigenvalue weighted by atomic mass is 35.5. The Hall–Kier alpha value is -3.36. The zero-order valence-electron chi connectivity index (χ0n) is 15.6. The lowest BCUT2D eigenvalue weighted by molar-refractivity contribution is 0.103. The van der Waals surface area contributed by atoms with Crippen LogP contribution in [0.5, 0.6) is 5.88 Å². The molecular weight excluding hydrogens is 386 g/mol. The first-order chi connectivity index (χ1) is 14.2. The Balaban J connectivity index is 1.51. The quantitative estimate of drug-likeness (QED) is 0.435. The van der Waals surface area contributed by atoms with E-state index in [-0.39, 0.29) is 11.9 Å². The zero-order valence-corrected chi connectivity index (χ0v) is 16.3. The molecule has 2 aromatic carbocycles. The van der Waals surface area contributed by atoms with Crippen LogP contribution >= 0.6 is 11.6 Å². The van der Waals surface area contributed by atoms with Crippen molar-refractivity contribution < 1.29 is 9.53 Å². The maximum absolute atomic E-state index is 12.7. The maximum atomic E-state index is 12.7. The van der Waals surface area contributed by atoms with Gasteiger partial charge in [0.25, 0.3) is 0 Å². The van der Waals surface area contributed by atoms with Gasteiger partial charge in [-0.3, -0.25) is 4.79 Å². The van der Waals surface area contributed by atoms with Crippen molar-refractivity contribution in [3.8, 4) is 5.88 Å². The molecule has 1 fully saturated rings. The van der Waals surface area contributed by atoms with Crippen molar-refractivity contribution in [2.75, 3.05) is 18.0 Å². The summed E-state index contributed by atoms with van der Waals surface area (Å²) in [5.74, 6) is 0.338. The summed E-state index contributed by atoms with van der Waals surface area (Å²) in [5, 5.41) is 0.483. The van der Waals surface area contributed by atoms with Crippen molar-refractivity contribution in [1.29, 1.82) is 0 Å². The summed E-state index contributed by atoms with van der Waals surface area (Å²) in [6.07, 6.45) is 2.38. The highest BCUT2D eigenvalue weighted by Crippen LogP contribution is 2.34. The van der Waals surface area contributed by atoms with Gasteiger partial charge in [0.15, 0.2) is 5.78 Å². The molecule has 0 aliphatic carbocycles. The van der Waals surface area contributed by atoms with Crippen LogP contribution in [-0.2, 0) is 0 Å². The second kappa shape index (κ2) is 8.34. The van der Waals surface area contributed by atoms with E-state index in [4.69, 9.17) is 22.9 Å². The fourth-order valence-electron chi connectivity index (χ4n) is 3.44. The third kappa shape index (κ3) is 4.08. The van der Waals surface area contributed by atoms with E-state index in [0.29, 0.717) is 34.3 Å². The molecule has 0 unspecified atom stereocenters. The topological polar surface area (TPSA) is 46.8 Å². The summed E-state index contributed by atoms with van der Waals surface area (Å²) in [7, 11) is 0. The number of halogens is 1. The van der Waals surface area contributed by atoms with E-state index in [1.54, 1.807) is 42.6 Å². The summed E-state index contributed by atoms with van der Waals surface area (Å²) in [6, 6.07) is 17.9. The van der Waals surface area contributed by atoms with Gasteiger partial charge in [0.1, 0.15) is 11.1 Å². The largest absolute Gasteiger partial charge is 0.471 e. The number of carbonyl (C=O) groups excluding carboxylic acids is 1. The SMILES string of the molecule is [C-]#[N+]c1cc(C(=O)c2ccccc2)ccc1N1CC[C@H](Oc2ncccc2Cl)C1. The van der Waals surface area contributed by atoms with E-state index in [9.17, 15) is 4.79 Å². The van der Waals surface area contributed by atoms with Crippen molar-refractivity contribution >= 4 is 28.8 Å². The number of nitrogens with zero attached hydrogens (tertiary/aromatic N) is 3. The highest BCUT2D eigenvalue weighted by molar-refractivity contribution is 6.31. The van der Waals surface area contributed by atoms with Gasteiger partial charge in [-0.05, 0) is 24.3 Å². The second-order valence-electron chi connectivity index (χ2n) is 6.78. The molecule has 2 heterocycles. The molecule has 0 amide bonds. The molecule has 0 bridgehead atoms. The molecular formula is C23H18ClN3O2. The highest BCUT2D eigenvalue weighted by Gasteiger charge is 2.27. The van der Waals surface area contributed by atoms with E-state index < -0.39 is 0 Å². The van der Waals surface area contributed by atoms with Gasteiger partial charge in [-0.2, -0.15) is 0 Å². The number of aromatic nitrogens is 1. The summed E-state index contributed by atoms with van der Waals surface area (Å²) < 4.78 is 5.93. The third-order valence-electron chi connectivity index (χ3n) is 4.88. The molecule has 29 heavy (non-hydrogen) atoms. The average molecular weight is 404 g/mol. The fraction of sp³-hybridized carbons (Fsp3) is 0.174. The Labute approximate surface area is 174 Å². The fourth-order valence-corrected chi connectivity index (χ4v) is 3.60. The third-order valence-corrected chi connectivity index (χ3v) is 5.17. The van der Waals surface area contributed by atoms with Crippen LogP contribution in [0.25, 0.3) is 4.85 Å². The van der Waals surface area contributed by atoms with Crippen LogP contribution in [-0.4, -0.2) is 30.0 Å². The van der Waals surface area contributed by atoms with Crippen LogP contribution in [0.4, 0.5) is 11.4 Å². The normalized spacial score (nSPS) is 15.7. The molecule has 6 heteroatoms. The molecule has 0 N–H and O–H groups in total. The Morgan fingerprint density at radius 1 is 1.14 bits per heavy atom. The van der Waals surface area contributed by atoms with Gasteiger partial charge in [-0.15, -0.1) is 0 Å².